The van der Waals surface area contributed by atoms with Crippen molar-refractivity contribution < 1.29 is 4.74 Å². The Morgan fingerprint density at radius 2 is 2.09 bits per heavy atom. The van der Waals surface area contributed by atoms with Gasteiger partial charge in [-0.1, -0.05) is 19.1 Å². The van der Waals surface area contributed by atoms with Crippen LogP contribution in [-0.4, -0.2) is 21.9 Å². The highest BCUT2D eigenvalue weighted by atomic mass is 16.5. The molecule has 0 N–H and O–H groups in total. The number of pyridine rings is 1. The maximum Gasteiger partial charge on any atom is 0.276 e. The molecule has 0 spiro atoms. The molecule has 0 atom stereocenters. The Balaban J connectivity index is 2.32. The Hall–Kier alpha value is -2.69. The third kappa shape index (κ3) is 2.45. The Kier molecular flexibility index (Phi) is 3.87. The molecule has 0 aliphatic rings. The van der Waals surface area contributed by atoms with Gasteiger partial charge in [0.1, 0.15) is 17.0 Å². The first-order chi connectivity index (χ1) is 10.7. The van der Waals surface area contributed by atoms with Crippen molar-refractivity contribution >= 4 is 10.9 Å². The fourth-order valence-electron chi connectivity index (χ4n) is 2.45. The van der Waals surface area contributed by atoms with Crippen LogP contribution in [0.1, 0.15) is 13.3 Å². The van der Waals surface area contributed by atoms with E-state index >= 15 is 0 Å². The molecule has 22 heavy (non-hydrogen) atoms. The number of methoxy groups -OCH3 is 1. The topological polar surface area (TPSA) is 57.0 Å². The number of aryl methyl sites for hydroxylation is 1. The van der Waals surface area contributed by atoms with Crippen LogP contribution in [0.2, 0.25) is 0 Å². The largest absolute Gasteiger partial charge is 0.497 e. The second-order valence-electron chi connectivity index (χ2n) is 5.01. The molecule has 0 fully saturated rings. The van der Waals surface area contributed by atoms with Crippen molar-refractivity contribution in [2.45, 2.75) is 19.9 Å². The highest BCUT2D eigenvalue weighted by Gasteiger charge is 2.13. The number of rotatable bonds is 4. The van der Waals surface area contributed by atoms with Gasteiger partial charge in [0.25, 0.3) is 5.56 Å². The van der Waals surface area contributed by atoms with E-state index in [1.54, 1.807) is 25.4 Å². The average Bonchev–Trinajstić information content (AvgIpc) is 2.57. The predicted molar refractivity (Wildman–Crippen MR) is 86.1 cm³/mol. The average molecular weight is 295 g/mol. The van der Waals surface area contributed by atoms with Gasteiger partial charge >= 0.3 is 0 Å². The molecule has 5 nitrogen and oxygen atoms in total. The summed E-state index contributed by atoms with van der Waals surface area (Å²) in [4.78, 5) is 16.8. The molecule has 2 heterocycles. The molecule has 0 aliphatic carbocycles. The molecule has 5 heteroatoms. The molecule has 1 aromatic carbocycles. The zero-order chi connectivity index (χ0) is 15.5. The van der Waals surface area contributed by atoms with Crippen molar-refractivity contribution in [2.75, 3.05) is 7.11 Å². The molecule has 3 aromatic rings. The lowest BCUT2D eigenvalue weighted by Gasteiger charge is -2.10. The zero-order valence-corrected chi connectivity index (χ0v) is 12.6. The third-order valence-electron chi connectivity index (χ3n) is 3.50. The van der Waals surface area contributed by atoms with Crippen molar-refractivity contribution in [3.8, 4) is 17.0 Å². The van der Waals surface area contributed by atoms with Gasteiger partial charge in [0, 0.05) is 18.3 Å². The summed E-state index contributed by atoms with van der Waals surface area (Å²) in [5.74, 6) is 0.747. The standard InChI is InChI=1S/C17H17N3O2/c1-3-10-20-17(21)14-8-5-9-18-16(14)15(19-20)12-6-4-7-13(11-12)22-2/h4-9,11H,3,10H2,1-2H3. The minimum absolute atomic E-state index is 0.100. The fraction of sp³-hybridized carbons (Fsp3) is 0.235. The SMILES string of the molecule is CCCn1nc(-c2cccc(OC)c2)c2ncccc2c1=O. The maximum atomic E-state index is 12.5. The van der Waals surface area contributed by atoms with Crippen LogP contribution in [0, 0.1) is 0 Å². The molecular weight excluding hydrogens is 278 g/mol. The van der Waals surface area contributed by atoms with Gasteiger partial charge in [-0.25, -0.2) is 4.68 Å². The molecule has 0 bridgehead atoms. The highest BCUT2D eigenvalue weighted by Crippen LogP contribution is 2.26. The fourth-order valence-corrected chi connectivity index (χ4v) is 2.45. The summed E-state index contributed by atoms with van der Waals surface area (Å²) in [6, 6.07) is 11.2. The van der Waals surface area contributed by atoms with Gasteiger partial charge < -0.3 is 4.74 Å². The van der Waals surface area contributed by atoms with E-state index in [0.29, 0.717) is 23.1 Å². The van der Waals surface area contributed by atoms with Gasteiger partial charge in [-0.2, -0.15) is 5.10 Å². The van der Waals surface area contributed by atoms with Gasteiger partial charge in [-0.15, -0.1) is 0 Å². The highest BCUT2D eigenvalue weighted by molar-refractivity contribution is 5.90. The van der Waals surface area contributed by atoms with E-state index in [4.69, 9.17) is 4.74 Å². The van der Waals surface area contributed by atoms with Crippen LogP contribution in [0.4, 0.5) is 0 Å². The summed E-state index contributed by atoms with van der Waals surface area (Å²) >= 11 is 0. The van der Waals surface area contributed by atoms with E-state index in [0.717, 1.165) is 17.7 Å². The Bertz CT molecular complexity index is 871. The van der Waals surface area contributed by atoms with Crippen LogP contribution in [-0.2, 0) is 6.54 Å². The number of hydrogen-bond donors (Lipinski definition) is 0. The lowest BCUT2D eigenvalue weighted by Crippen LogP contribution is -2.24. The van der Waals surface area contributed by atoms with E-state index in [9.17, 15) is 4.79 Å². The first-order valence-electron chi connectivity index (χ1n) is 7.25. The number of aromatic nitrogens is 3. The lowest BCUT2D eigenvalue weighted by atomic mass is 10.1. The van der Waals surface area contributed by atoms with Gasteiger partial charge in [-0.05, 0) is 30.7 Å². The van der Waals surface area contributed by atoms with Crippen molar-refractivity contribution in [3.05, 3.63) is 52.9 Å². The summed E-state index contributed by atoms with van der Waals surface area (Å²) in [6.45, 7) is 2.60. The predicted octanol–water partition coefficient (Wildman–Crippen LogP) is 2.88. The number of ether oxygens (including phenoxy) is 1. The monoisotopic (exact) mass is 295 g/mol. The first kappa shape index (κ1) is 14.3. The summed E-state index contributed by atoms with van der Waals surface area (Å²) in [6.07, 6.45) is 2.52. The van der Waals surface area contributed by atoms with Crippen molar-refractivity contribution in [3.63, 3.8) is 0 Å². The summed E-state index contributed by atoms with van der Waals surface area (Å²) in [5, 5.41) is 5.11. The second kappa shape index (κ2) is 5.97. The molecule has 0 radical (unpaired) electrons. The molecule has 3 rings (SSSR count). The van der Waals surface area contributed by atoms with Gasteiger partial charge in [0.15, 0.2) is 0 Å². The third-order valence-corrected chi connectivity index (χ3v) is 3.50. The van der Waals surface area contributed by atoms with Gasteiger partial charge in [-0.3, -0.25) is 9.78 Å². The summed E-state index contributed by atoms with van der Waals surface area (Å²) < 4.78 is 6.79. The number of hydrogen-bond acceptors (Lipinski definition) is 4. The van der Waals surface area contributed by atoms with Crippen LogP contribution in [0.5, 0.6) is 5.75 Å². The van der Waals surface area contributed by atoms with Gasteiger partial charge in [0.05, 0.1) is 12.5 Å². The number of fused-ring (bicyclic) bond motifs is 1. The minimum Gasteiger partial charge on any atom is -0.497 e. The normalized spacial score (nSPS) is 10.8. The Labute approximate surface area is 128 Å². The number of nitrogens with zero attached hydrogens (tertiary/aromatic N) is 3. The van der Waals surface area contributed by atoms with Gasteiger partial charge in [0.2, 0.25) is 0 Å². The smallest absolute Gasteiger partial charge is 0.276 e. The van der Waals surface area contributed by atoms with E-state index in [2.05, 4.69) is 10.1 Å². The second-order valence-corrected chi connectivity index (χ2v) is 5.01. The molecule has 0 saturated heterocycles. The minimum atomic E-state index is -0.100. The van der Waals surface area contributed by atoms with Crippen molar-refractivity contribution in [2.24, 2.45) is 0 Å². The molecule has 2 aromatic heterocycles. The first-order valence-corrected chi connectivity index (χ1v) is 7.25. The van der Waals surface area contributed by atoms with Crippen LogP contribution >= 0.6 is 0 Å². The van der Waals surface area contributed by atoms with Crippen LogP contribution in [0.25, 0.3) is 22.2 Å². The quantitative estimate of drug-likeness (QED) is 0.742. The molecular formula is C17H17N3O2. The summed E-state index contributed by atoms with van der Waals surface area (Å²) in [5.41, 5.74) is 2.10. The molecule has 0 unspecified atom stereocenters. The maximum absolute atomic E-state index is 12.5. The Morgan fingerprint density at radius 3 is 2.86 bits per heavy atom. The van der Waals surface area contributed by atoms with Crippen LogP contribution in [0.15, 0.2) is 47.4 Å². The Morgan fingerprint density at radius 1 is 1.23 bits per heavy atom. The molecule has 0 aliphatic heterocycles. The molecule has 0 saturated carbocycles. The summed E-state index contributed by atoms with van der Waals surface area (Å²) in [7, 11) is 1.63. The van der Waals surface area contributed by atoms with E-state index in [-0.39, 0.29) is 5.56 Å². The van der Waals surface area contributed by atoms with E-state index in [1.807, 2.05) is 31.2 Å². The number of benzene rings is 1. The van der Waals surface area contributed by atoms with Crippen molar-refractivity contribution in [1.82, 2.24) is 14.8 Å². The van der Waals surface area contributed by atoms with E-state index in [1.165, 1.54) is 4.68 Å². The van der Waals surface area contributed by atoms with E-state index < -0.39 is 0 Å². The molecule has 0 amide bonds. The van der Waals surface area contributed by atoms with Crippen LogP contribution in [0.3, 0.4) is 0 Å². The molecule has 112 valence electrons. The zero-order valence-electron chi connectivity index (χ0n) is 12.6. The van der Waals surface area contributed by atoms with Crippen LogP contribution < -0.4 is 10.3 Å². The lowest BCUT2D eigenvalue weighted by molar-refractivity contribution is 0.415. The van der Waals surface area contributed by atoms with Crippen molar-refractivity contribution in [1.29, 1.82) is 0 Å².